The standard InChI is InChI=1S/C37H61N5O12S2/c1-19(32(49)21(3)33(50)36(5,6)27(43)15-30(45)46)9-8-12-37(7,54)28(14-25(39)20(2)13-23-17-55-22(4)41-23)56-18-26(34(51)40-16-31(47)48)42-29(44)11-10-24(38)35(52)53/h13,17,19,21,24-28,32,43,49,54H,8-12,14-16,18,38-39H2,1-7H3,(H,40,51)(H,42,44)(H,45,46)(H,47,48)(H,52,53)/b20-13+/t19?,21?,24?,25?,26?,27?,28?,32?,37-/m1/s1. The van der Waals surface area contributed by atoms with Crippen molar-refractivity contribution in [3.8, 4) is 0 Å². The first-order valence-electron chi connectivity index (χ1n) is 18.4. The Balaban J connectivity index is 3.25. The molecule has 0 fully saturated rings. The number of nitrogens with one attached hydrogen (secondary N) is 2. The maximum absolute atomic E-state index is 13.3. The van der Waals surface area contributed by atoms with Gasteiger partial charge in [0, 0.05) is 34.8 Å². The summed E-state index contributed by atoms with van der Waals surface area (Å²) in [5.41, 5.74) is 10.8. The van der Waals surface area contributed by atoms with E-state index in [-0.39, 0.29) is 31.4 Å². The van der Waals surface area contributed by atoms with Gasteiger partial charge in [0.1, 0.15) is 24.4 Å². The number of aryl methyl sites for hydroxylation is 1. The summed E-state index contributed by atoms with van der Waals surface area (Å²) in [5, 5.41) is 67.6. The first-order valence-corrected chi connectivity index (χ1v) is 20.3. The first kappa shape index (κ1) is 50.6. The minimum atomic E-state index is -1.45. The number of carbonyl (C=O) groups is 6. The van der Waals surface area contributed by atoms with Crippen LogP contribution in [0.5, 0.6) is 0 Å². The zero-order chi connectivity index (χ0) is 43.1. The fourth-order valence-electron chi connectivity index (χ4n) is 6.00. The number of ketones is 1. The molecule has 12 N–H and O–H groups in total. The summed E-state index contributed by atoms with van der Waals surface area (Å²) in [6.45, 7) is 10.7. The third-order valence-corrected chi connectivity index (χ3v) is 12.4. The molecule has 0 spiro atoms. The van der Waals surface area contributed by atoms with Crippen LogP contribution in [0.3, 0.4) is 0 Å². The predicted octanol–water partition coefficient (Wildman–Crippen LogP) is 1.54. The van der Waals surface area contributed by atoms with Gasteiger partial charge in [0.15, 0.2) is 0 Å². The molecule has 0 bridgehead atoms. The highest BCUT2D eigenvalue weighted by Gasteiger charge is 2.42. The number of aliphatic hydroxyl groups excluding tert-OH is 2. The fraction of sp³-hybridized carbons (Fsp3) is 0.703. The molecule has 9 atom stereocenters. The number of hydrogen-bond donors (Lipinski definition) is 10. The van der Waals surface area contributed by atoms with E-state index in [1.54, 1.807) is 13.8 Å². The maximum atomic E-state index is 13.3. The van der Waals surface area contributed by atoms with Gasteiger partial charge in [-0.15, -0.1) is 11.3 Å². The van der Waals surface area contributed by atoms with Crippen LogP contribution < -0.4 is 22.1 Å². The number of aliphatic hydroxyl groups is 3. The summed E-state index contributed by atoms with van der Waals surface area (Å²) in [6, 6.07) is -3.17. The molecule has 0 radical (unpaired) electrons. The van der Waals surface area contributed by atoms with Crippen LogP contribution in [-0.2, 0) is 28.8 Å². The average molecular weight is 832 g/mol. The first-order chi connectivity index (χ1) is 25.8. The number of aromatic nitrogens is 1. The lowest BCUT2D eigenvalue weighted by Crippen LogP contribution is -2.50. The van der Waals surface area contributed by atoms with Gasteiger partial charge in [-0.25, -0.2) is 4.98 Å². The number of amides is 2. The van der Waals surface area contributed by atoms with Crippen LogP contribution in [0.25, 0.3) is 6.08 Å². The monoisotopic (exact) mass is 831 g/mol. The second kappa shape index (κ2) is 23.1. The highest BCUT2D eigenvalue weighted by atomic mass is 32.2. The number of rotatable bonds is 27. The Morgan fingerprint density at radius 2 is 1.62 bits per heavy atom. The van der Waals surface area contributed by atoms with E-state index < -0.39 is 107 Å². The summed E-state index contributed by atoms with van der Waals surface area (Å²) in [4.78, 5) is 77.0. The van der Waals surface area contributed by atoms with Gasteiger partial charge < -0.3 is 52.7 Å². The quantitative estimate of drug-likeness (QED) is 0.0601. The van der Waals surface area contributed by atoms with E-state index in [0.29, 0.717) is 12.8 Å². The number of nitrogens with two attached hydrogens (primary N) is 2. The van der Waals surface area contributed by atoms with Crippen molar-refractivity contribution in [1.82, 2.24) is 15.6 Å². The number of thioether (sulfide) groups is 1. The molecule has 0 saturated carbocycles. The van der Waals surface area contributed by atoms with E-state index in [2.05, 4.69) is 15.6 Å². The van der Waals surface area contributed by atoms with Gasteiger partial charge >= 0.3 is 17.9 Å². The molecule has 0 aliphatic heterocycles. The van der Waals surface area contributed by atoms with Crippen molar-refractivity contribution < 1.29 is 59.4 Å². The Morgan fingerprint density at radius 1 is 1.00 bits per heavy atom. The zero-order valence-corrected chi connectivity index (χ0v) is 34.8. The molecule has 17 nitrogen and oxygen atoms in total. The number of carbonyl (C=O) groups excluding carboxylic acids is 3. The average Bonchev–Trinajstić information content (AvgIpc) is 3.52. The van der Waals surface area contributed by atoms with Crippen LogP contribution in [0, 0.1) is 24.2 Å². The lowest BCUT2D eigenvalue weighted by atomic mass is 9.73. The molecule has 1 heterocycles. The Hall–Kier alpha value is -3.46. The number of hydrogen-bond acceptors (Lipinski definition) is 14. The minimum absolute atomic E-state index is 0.123. The van der Waals surface area contributed by atoms with Crippen LogP contribution in [-0.4, -0.2) is 125 Å². The van der Waals surface area contributed by atoms with E-state index in [1.165, 1.54) is 32.1 Å². The number of carboxylic acid groups (broad SMARTS) is 3. The molecular formula is C37H61N5O12S2. The summed E-state index contributed by atoms with van der Waals surface area (Å²) in [5.74, 6) is -7.35. The number of thiazole rings is 1. The van der Waals surface area contributed by atoms with Crippen molar-refractivity contribution >= 4 is 64.7 Å². The molecule has 8 unspecified atom stereocenters. The van der Waals surface area contributed by atoms with Crippen LogP contribution in [0.15, 0.2) is 11.0 Å². The van der Waals surface area contributed by atoms with E-state index in [1.807, 2.05) is 25.3 Å². The van der Waals surface area contributed by atoms with Crippen molar-refractivity contribution in [2.75, 3.05) is 12.3 Å². The fourth-order valence-corrected chi connectivity index (χ4v) is 8.05. The predicted molar refractivity (Wildman–Crippen MR) is 213 cm³/mol. The van der Waals surface area contributed by atoms with Crippen LogP contribution >= 0.6 is 23.1 Å². The van der Waals surface area contributed by atoms with Crippen LogP contribution in [0.2, 0.25) is 0 Å². The van der Waals surface area contributed by atoms with Crippen LogP contribution in [0.1, 0.15) is 97.2 Å². The number of aliphatic carboxylic acids is 3. The second-order valence-corrected chi connectivity index (χ2v) is 17.6. The third kappa shape index (κ3) is 17.0. The Labute approximate surface area is 336 Å². The molecule has 19 heteroatoms. The molecule has 1 aromatic heterocycles. The lowest BCUT2D eigenvalue weighted by molar-refractivity contribution is -0.147. The largest absolute Gasteiger partial charge is 0.481 e. The van der Waals surface area contributed by atoms with E-state index in [4.69, 9.17) is 26.8 Å². The SMILES string of the molecule is C/C(=C\c1csc(C)n1)C(N)CC(SCC(NC(=O)CCC(N)C(=O)O)C(=O)NCC(=O)O)[C@](C)(O)CCCC(C)C(O)C(C)C(=O)C(C)(C)C(O)CC(=O)O. The van der Waals surface area contributed by atoms with Gasteiger partial charge in [0.25, 0.3) is 0 Å². The van der Waals surface area contributed by atoms with E-state index in [9.17, 15) is 44.1 Å². The van der Waals surface area contributed by atoms with Gasteiger partial charge in [-0.2, -0.15) is 11.8 Å². The van der Waals surface area contributed by atoms with Crippen molar-refractivity contribution in [3.63, 3.8) is 0 Å². The molecule has 2 amide bonds. The third-order valence-electron chi connectivity index (χ3n) is 9.98. The van der Waals surface area contributed by atoms with Crippen molar-refractivity contribution in [2.45, 2.75) is 135 Å². The van der Waals surface area contributed by atoms with Gasteiger partial charge in [0.05, 0.1) is 40.3 Å². The molecule has 0 saturated heterocycles. The van der Waals surface area contributed by atoms with Crippen molar-refractivity contribution in [1.29, 1.82) is 0 Å². The number of nitrogens with zero attached hydrogens (tertiary/aromatic N) is 1. The van der Waals surface area contributed by atoms with E-state index in [0.717, 1.165) is 28.0 Å². The normalized spacial score (nSPS) is 17.6. The van der Waals surface area contributed by atoms with Gasteiger partial charge in [-0.1, -0.05) is 39.7 Å². The van der Waals surface area contributed by atoms with Crippen molar-refractivity contribution in [3.05, 3.63) is 21.7 Å². The highest BCUT2D eigenvalue weighted by Crippen LogP contribution is 2.35. The molecule has 1 rings (SSSR count). The second-order valence-electron chi connectivity index (χ2n) is 15.3. The summed E-state index contributed by atoms with van der Waals surface area (Å²) < 4.78 is 0. The van der Waals surface area contributed by atoms with Gasteiger partial charge in [0.2, 0.25) is 11.8 Å². The van der Waals surface area contributed by atoms with Gasteiger partial charge in [-0.3, -0.25) is 28.8 Å². The smallest absolute Gasteiger partial charge is 0.322 e. The van der Waals surface area contributed by atoms with E-state index >= 15 is 0 Å². The number of carboxylic acids is 3. The maximum Gasteiger partial charge on any atom is 0.322 e. The highest BCUT2D eigenvalue weighted by molar-refractivity contribution is 8.00. The summed E-state index contributed by atoms with van der Waals surface area (Å²) >= 11 is 2.61. The minimum Gasteiger partial charge on any atom is -0.481 e. The topological polar surface area (TPSA) is 313 Å². The lowest BCUT2D eigenvalue weighted by Gasteiger charge is -2.36. The Morgan fingerprint density at radius 3 is 2.16 bits per heavy atom. The summed E-state index contributed by atoms with van der Waals surface area (Å²) in [6.07, 6.45) is -0.785. The molecule has 0 aliphatic carbocycles. The number of Topliss-reactive ketones (excluding diaryl/α,β-unsaturated/α-hetero) is 1. The van der Waals surface area contributed by atoms with Crippen molar-refractivity contribution in [2.24, 2.45) is 28.7 Å². The molecule has 1 aromatic rings. The molecule has 0 aliphatic rings. The molecule has 318 valence electrons. The summed E-state index contributed by atoms with van der Waals surface area (Å²) in [7, 11) is 0. The molecule has 0 aromatic carbocycles. The molecule has 56 heavy (non-hydrogen) atoms. The Kier molecular flexibility index (Phi) is 20.8. The van der Waals surface area contributed by atoms with Crippen LogP contribution in [0.4, 0.5) is 0 Å². The van der Waals surface area contributed by atoms with Gasteiger partial charge in [-0.05, 0) is 58.4 Å². The molecular weight excluding hydrogens is 771 g/mol. The Bertz CT molecular complexity index is 1530. The zero-order valence-electron chi connectivity index (χ0n) is 33.2.